The van der Waals surface area contributed by atoms with Crippen LogP contribution in [-0.2, 0) is 0 Å². The lowest BCUT2D eigenvalue weighted by molar-refractivity contribution is 0.0729. The number of nitrogens with zero attached hydrogens (tertiary/aromatic N) is 1. The molecule has 2 rings (SSSR count). The molecule has 2 aromatic carbocycles. The van der Waals surface area contributed by atoms with Gasteiger partial charge < -0.3 is 20.1 Å². The summed E-state index contributed by atoms with van der Waals surface area (Å²) in [5.74, 6) is 6.02. The van der Waals surface area contributed by atoms with Crippen LogP contribution in [0.1, 0.15) is 15.9 Å². The zero-order valence-electron chi connectivity index (χ0n) is 12.3. The molecule has 0 aliphatic rings. The van der Waals surface area contributed by atoms with Crippen molar-refractivity contribution in [2.45, 2.75) is 0 Å². The van der Waals surface area contributed by atoms with Gasteiger partial charge in [0.05, 0.1) is 26.0 Å². The van der Waals surface area contributed by atoms with Crippen LogP contribution in [0.4, 0.5) is 0 Å². The van der Waals surface area contributed by atoms with Crippen molar-refractivity contribution >= 4 is 12.2 Å². The summed E-state index contributed by atoms with van der Waals surface area (Å²) in [6.07, 6.45) is 1.47. The molecule has 114 valence electrons. The molecule has 0 unspecified atom stereocenters. The summed E-state index contributed by atoms with van der Waals surface area (Å²) in [4.78, 5) is 12.1. The molecule has 0 radical (unpaired) electrons. The maximum Gasteiger partial charge on any atom is 0.343 e. The predicted octanol–water partition coefficient (Wildman–Crippen LogP) is 2.22. The number of ether oxygens (including phenoxy) is 3. The monoisotopic (exact) mass is 300 g/mol. The van der Waals surface area contributed by atoms with Crippen molar-refractivity contribution in [3.05, 3.63) is 53.6 Å². The Morgan fingerprint density at radius 1 is 1.05 bits per heavy atom. The predicted molar refractivity (Wildman–Crippen MR) is 82.7 cm³/mol. The van der Waals surface area contributed by atoms with Gasteiger partial charge in [0.2, 0.25) is 0 Å². The van der Waals surface area contributed by atoms with Crippen LogP contribution < -0.4 is 20.1 Å². The zero-order chi connectivity index (χ0) is 15.9. The number of carbonyl (C=O) groups excluding carboxylic acids is 1. The van der Waals surface area contributed by atoms with E-state index < -0.39 is 5.97 Å². The lowest BCUT2D eigenvalue weighted by Gasteiger charge is -2.10. The van der Waals surface area contributed by atoms with Gasteiger partial charge in [-0.1, -0.05) is 0 Å². The summed E-state index contributed by atoms with van der Waals surface area (Å²) in [6, 6.07) is 11.6. The van der Waals surface area contributed by atoms with Gasteiger partial charge in [-0.25, -0.2) is 4.79 Å². The molecule has 2 N–H and O–H groups in total. The molecule has 0 bridgehead atoms. The zero-order valence-corrected chi connectivity index (χ0v) is 12.3. The number of hydrazone groups is 1. The summed E-state index contributed by atoms with van der Waals surface area (Å²) >= 11 is 0. The van der Waals surface area contributed by atoms with Crippen molar-refractivity contribution in [3.63, 3.8) is 0 Å². The molecule has 0 amide bonds. The second-order valence-corrected chi connectivity index (χ2v) is 4.31. The first-order chi connectivity index (χ1) is 10.7. The highest BCUT2D eigenvalue weighted by atomic mass is 16.6. The number of rotatable bonds is 5. The summed E-state index contributed by atoms with van der Waals surface area (Å²) in [5.41, 5.74) is 1.15. The van der Waals surface area contributed by atoms with Gasteiger partial charge in [-0.15, -0.1) is 0 Å². The van der Waals surface area contributed by atoms with E-state index in [2.05, 4.69) is 5.10 Å². The van der Waals surface area contributed by atoms with Crippen molar-refractivity contribution < 1.29 is 19.0 Å². The highest BCUT2D eigenvalue weighted by Gasteiger charge is 2.12. The van der Waals surface area contributed by atoms with Crippen molar-refractivity contribution in [1.82, 2.24) is 0 Å². The summed E-state index contributed by atoms with van der Waals surface area (Å²) in [5, 5.41) is 3.44. The van der Waals surface area contributed by atoms with Gasteiger partial charge in [0.25, 0.3) is 0 Å². The first kappa shape index (κ1) is 15.4. The Labute approximate surface area is 128 Å². The fourth-order valence-electron chi connectivity index (χ4n) is 1.82. The van der Waals surface area contributed by atoms with Crippen LogP contribution in [0.25, 0.3) is 0 Å². The molecule has 0 aromatic heterocycles. The first-order valence-corrected chi connectivity index (χ1v) is 6.45. The van der Waals surface area contributed by atoms with E-state index in [1.807, 2.05) is 0 Å². The Morgan fingerprint density at radius 2 is 1.77 bits per heavy atom. The van der Waals surface area contributed by atoms with Gasteiger partial charge in [-0.3, -0.25) is 0 Å². The van der Waals surface area contributed by atoms with Crippen LogP contribution in [0.2, 0.25) is 0 Å². The van der Waals surface area contributed by atoms with E-state index in [1.54, 1.807) is 49.6 Å². The van der Waals surface area contributed by atoms with Crippen LogP contribution in [0.3, 0.4) is 0 Å². The van der Waals surface area contributed by atoms with Gasteiger partial charge in [0.15, 0.2) is 11.5 Å². The van der Waals surface area contributed by atoms with Crippen molar-refractivity contribution in [1.29, 1.82) is 0 Å². The number of hydrogen-bond donors (Lipinski definition) is 1. The highest BCUT2D eigenvalue weighted by molar-refractivity contribution is 5.91. The van der Waals surface area contributed by atoms with Gasteiger partial charge in [0, 0.05) is 0 Å². The van der Waals surface area contributed by atoms with E-state index in [0.717, 1.165) is 5.56 Å². The Morgan fingerprint density at radius 3 is 2.36 bits per heavy atom. The average molecular weight is 300 g/mol. The number of esters is 1. The second-order valence-electron chi connectivity index (χ2n) is 4.31. The van der Waals surface area contributed by atoms with Crippen LogP contribution in [0.5, 0.6) is 17.2 Å². The molecule has 0 saturated carbocycles. The molecule has 0 saturated heterocycles. The third-order valence-electron chi connectivity index (χ3n) is 2.94. The Balaban J connectivity index is 2.19. The summed E-state index contributed by atoms with van der Waals surface area (Å²) < 4.78 is 15.6. The number of methoxy groups -OCH3 is 2. The van der Waals surface area contributed by atoms with Gasteiger partial charge in [-0.05, 0) is 48.0 Å². The number of hydrogen-bond acceptors (Lipinski definition) is 6. The number of nitrogens with two attached hydrogens (primary N) is 1. The van der Waals surface area contributed by atoms with Gasteiger partial charge in [-0.2, -0.15) is 5.10 Å². The van der Waals surface area contributed by atoms with E-state index in [9.17, 15) is 4.79 Å². The lowest BCUT2D eigenvalue weighted by Crippen LogP contribution is -2.09. The van der Waals surface area contributed by atoms with E-state index >= 15 is 0 Å². The van der Waals surface area contributed by atoms with Gasteiger partial charge >= 0.3 is 5.97 Å². The third kappa shape index (κ3) is 3.54. The largest absolute Gasteiger partial charge is 0.497 e. The van der Waals surface area contributed by atoms with Gasteiger partial charge in [0.1, 0.15) is 5.75 Å². The molecule has 0 atom stereocenters. The Bertz CT molecular complexity index is 681. The average Bonchev–Trinajstić information content (AvgIpc) is 2.56. The van der Waals surface area contributed by atoms with E-state index in [-0.39, 0.29) is 0 Å². The molecule has 6 heteroatoms. The standard InChI is InChI=1S/C16H16N2O4/c1-20-13-6-4-12(5-7-13)16(19)22-14-8-3-11(10-18-17)9-15(14)21-2/h3-10H,17H2,1-2H3. The minimum Gasteiger partial charge on any atom is -0.497 e. The maximum absolute atomic E-state index is 12.1. The maximum atomic E-state index is 12.1. The lowest BCUT2D eigenvalue weighted by atomic mass is 10.2. The van der Waals surface area contributed by atoms with Crippen molar-refractivity contribution in [2.24, 2.45) is 10.9 Å². The Hall–Kier alpha value is -3.02. The molecule has 0 spiro atoms. The topological polar surface area (TPSA) is 83.1 Å². The van der Waals surface area contributed by atoms with E-state index in [1.165, 1.54) is 13.3 Å². The fourth-order valence-corrected chi connectivity index (χ4v) is 1.82. The minimum atomic E-state index is -0.485. The van der Waals surface area contributed by atoms with E-state index in [4.69, 9.17) is 20.1 Å². The molecule has 0 aliphatic heterocycles. The molecule has 22 heavy (non-hydrogen) atoms. The van der Waals surface area contributed by atoms with Crippen LogP contribution in [0, 0.1) is 0 Å². The second kappa shape index (κ2) is 7.12. The van der Waals surface area contributed by atoms with Crippen molar-refractivity contribution in [3.8, 4) is 17.2 Å². The van der Waals surface area contributed by atoms with Crippen LogP contribution >= 0.6 is 0 Å². The van der Waals surface area contributed by atoms with E-state index in [0.29, 0.717) is 22.8 Å². The summed E-state index contributed by atoms with van der Waals surface area (Å²) in [6.45, 7) is 0. The molecule has 0 heterocycles. The SMILES string of the molecule is COc1ccc(C(=O)Oc2ccc(C=NN)cc2OC)cc1. The quantitative estimate of drug-likeness (QED) is 0.301. The first-order valence-electron chi connectivity index (χ1n) is 6.45. The number of benzene rings is 2. The Kier molecular flexibility index (Phi) is 4.98. The third-order valence-corrected chi connectivity index (χ3v) is 2.94. The normalized spacial score (nSPS) is 10.5. The fraction of sp³-hybridized carbons (Fsp3) is 0.125. The molecule has 0 fully saturated rings. The molecule has 0 aliphatic carbocycles. The molecular formula is C16H16N2O4. The van der Waals surface area contributed by atoms with Crippen LogP contribution in [0.15, 0.2) is 47.6 Å². The van der Waals surface area contributed by atoms with Crippen molar-refractivity contribution in [2.75, 3.05) is 14.2 Å². The minimum absolute atomic E-state index is 0.317. The molecule has 2 aromatic rings. The highest BCUT2D eigenvalue weighted by Crippen LogP contribution is 2.28. The molecular weight excluding hydrogens is 284 g/mol. The smallest absolute Gasteiger partial charge is 0.343 e. The summed E-state index contributed by atoms with van der Waals surface area (Å²) in [7, 11) is 3.05. The number of carbonyl (C=O) groups is 1. The molecule has 6 nitrogen and oxygen atoms in total. The van der Waals surface area contributed by atoms with Crippen LogP contribution in [-0.4, -0.2) is 26.4 Å².